The number of hydrogen-bond donors (Lipinski definition) is 0. The summed E-state index contributed by atoms with van der Waals surface area (Å²) in [6, 6.07) is 42.7. The van der Waals surface area contributed by atoms with Gasteiger partial charge in [0.1, 0.15) is 0 Å². The summed E-state index contributed by atoms with van der Waals surface area (Å²) in [5.41, 5.74) is 11.6. The van der Waals surface area contributed by atoms with E-state index < -0.39 is 0 Å². The molecule has 5 aromatic carbocycles. The fourth-order valence-corrected chi connectivity index (χ4v) is 6.07. The Morgan fingerprint density at radius 3 is 1.52 bits per heavy atom. The maximum absolute atomic E-state index is 10.1. The Kier molecular flexibility index (Phi) is 6.44. The van der Waals surface area contributed by atoms with Gasteiger partial charge in [0.2, 0.25) is 0 Å². The summed E-state index contributed by atoms with van der Waals surface area (Å²) in [4.78, 5) is 4.18. The molecule has 204 valence electrons. The van der Waals surface area contributed by atoms with E-state index in [2.05, 4.69) is 70.2 Å². The molecule has 5 nitrogen and oxygen atoms in total. The third-order valence-corrected chi connectivity index (χ3v) is 8.15. The van der Waals surface area contributed by atoms with Crippen molar-refractivity contribution in [3.63, 3.8) is 0 Å². The minimum Gasteiger partial charge on any atom is -0.308 e. The minimum absolute atomic E-state index is 0.595. The molecule has 7 aromatic rings. The van der Waals surface area contributed by atoms with Gasteiger partial charge in [0.25, 0.3) is 0 Å². The number of fused-ring (bicyclic) bond motifs is 3. The average Bonchev–Trinajstić information content (AvgIpc) is 3.43. The van der Waals surface area contributed by atoms with Gasteiger partial charge < -0.3 is 4.57 Å². The lowest BCUT2D eigenvalue weighted by Crippen LogP contribution is -2.01. The largest absolute Gasteiger partial charge is 0.308 e. The molecule has 2 aromatic heterocycles. The van der Waals surface area contributed by atoms with E-state index in [1.807, 2.05) is 73.7 Å². The van der Waals surface area contributed by atoms with Crippen molar-refractivity contribution in [1.82, 2.24) is 9.55 Å². The van der Waals surface area contributed by atoms with E-state index in [0.29, 0.717) is 16.7 Å². The molecule has 2 heterocycles. The van der Waals surface area contributed by atoms with Crippen LogP contribution < -0.4 is 0 Å². The molecular weight excluding hydrogens is 538 g/mol. The molecular formula is C39H23N5. The number of pyridine rings is 1. The Morgan fingerprint density at radius 2 is 1.05 bits per heavy atom. The van der Waals surface area contributed by atoms with Crippen LogP contribution in [0.5, 0.6) is 0 Å². The van der Waals surface area contributed by atoms with Crippen LogP contribution in [0, 0.1) is 40.9 Å². The van der Waals surface area contributed by atoms with E-state index in [9.17, 15) is 15.8 Å². The molecule has 44 heavy (non-hydrogen) atoms. The fourth-order valence-electron chi connectivity index (χ4n) is 6.07. The van der Waals surface area contributed by atoms with Crippen LogP contribution in [0.4, 0.5) is 0 Å². The Morgan fingerprint density at radius 1 is 0.545 bits per heavy atom. The lowest BCUT2D eigenvalue weighted by atomic mass is 9.97. The second kappa shape index (κ2) is 10.7. The SMILES string of the molecule is Cc1cc(C#N)c(-c2ccncc2)cc1-n1c2c(-c3ccc(C#N)cc3)cccc2c2cccc(-c3ccc(C#N)cc3)c21. The van der Waals surface area contributed by atoms with Gasteiger partial charge in [-0.25, -0.2) is 0 Å². The van der Waals surface area contributed by atoms with Crippen LogP contribution in [0.2, 0.25) is 0 Å². The lowest BCUT2D eigenvalue weighted by molar-refractivity contribution is 1.15. The first-order valence-electron chi connectivity index (χ1n) is 14.1. The molecule has 0 fully saturated rings. The summed E-state index contributed by atoms with van der Waals surface area (Å²) >= 11 is 0. The van der Waals surface area contributed by atoms with Gasteiger partial charge in [0.05, 0.1) is 45.9 Å². The van der Waals surface area contributed by atoms with Crippen molar-refractivity contribution >= 4 is 21.8 Å². The number of para-hydroxylation sites is 2. The van der Waals surface area contributed by atoms with E-state index in [1.165, 1.54) is 0 Å². The van der Waals surface area contributed by atoms with E-state index in [0.717, 1.165) is 66.4 Å². The van der Waals surface area contributed by atoms with Gasteiger partial charge >= 0.3 is 0 Å². The Labute approximate surface area is 254 Å². The van der Waals surface area contributed by atoms with Crippen molar-refractivity contribution in [2.45, 2.75) is 6.92 Å². The lowest BCUT2D eigenvalue weighted by Gasteiger charge is -2.18. The number of aryl methyl sites for hydroxylation is 1. The molecule has 0 bridgehead atoms. The van der Waals surface area contributed by atoms with E-state index in [4.69, 9.17) is 0 Å². The highest BCUT2D eigenvalue weighted by atomic mass is 15.0. The molecule has 0 amide bonds. The van der Waals surface area contributed by atoms with Crippen molar-refractivity contribution in [2.75, 3.05) is 0 Å². The summed E-state index contributed by atoms with van der Waals surface area (Å²) < 4.78 is 2.31. The molecule has 0 saturated heterocycles. The summed E-state index contributed by atoms with van der Waals surface area (Å²) in [6.07, 6.45) is 3.48. The molecule has 0 unspecified atom stereocenters. The second-order valence-corrected chi connectivity index (χ2v) is 10.6. The molecule has 7 rings (SSSR count). The zero-order valence-corrected chi connectivity index (χ0v) is 23.8. The monoisotopic (exact) mass is 561 g/mol. The molecule has 0 aliphatic heterocycles. The first kappa shape index (κ1) is 26.4. The van der Waals surface area contributed by atoms with Crippen LogP contribution >= 0.6 is 0 Å². The summed E-state index contributed by atoms with van der Waals surface area (Å²) in [5.74, 6) is 0. The smallest absolute Gasteiger partial charge is 0.0998 e. The summed E-state index contributed by atoms with van der Waals surface area (Å²) in [7, 11) is 0. The highest BCUT2D eigenvalue weighted by Gasteiger charge is 2.22. The van der Waals surface area contributed by atoms with Gasteiger partial charge in [-0.05, 0) is 77.7 Å². The van der Waals surface area contributed by atoms with Crippen molar-refractivity contribution in [3.8, 4) is 57.3 Å². The third kappa shape index (κ3) is 4.27. The van der Waals surface area contributed by atoms with Crippen molar-refractivity contribution in [1.29, 1.82) is 15.8 Å². The standard InChI is InChI=1S/C39H23N5/c1-25-20-31(24-42)36(30-16-18-43-19-17-30)21-37(25)44-38-32(28-12-8-26(22-40)9-13-28)4-2-6-34(38)35-7-3-5-33(39(35)44)29-14-10-27(23-41)11-15-29/h2-21H,1H3. The van der Waals surface area contributed by atoms with Gasteiger partial charge in [0, 0.05) is 45.5 Å². The van der Waals surface area contributed by atoms with Gasteiger partial charge in [-0.15, -0.1) is 0 Å². The first-order valence-corrected chi connectivity index (χ1v) is 14.1. The quantitative estimate of drug-likeness (QED) is 0.214. The second-order valence-electron chi connectivity index (χ2n) is 10.6. The molecule has 0 atom stereocenters. The van der Waals surface area contributed by atoms with Crippen molar-refractivity contribution in [3.05, 3.63) is 144 Å². The summed E-state index contributed by atoms with van der Waals surface area (Å²) in [5, 5.41) is 31.2. The zero-order chi connectivity index (χ0) is 30.2. The highest BCUT2D eigenvalue weighted by Crippen LogP contribution is 2.43. The number of aromatic nitrogens is 2. The van der Waals surface area contributed by atoms with E-state index in [-0.39, 0.29) is 0 Å². The van der Waals surface area contributed by atoms with Gasteiger partial charge in [0.15, 0.2) is 0 Å². The van der Waals surface area contributed by atoms with Gasteiger partial charge in [-0.1, -0.05) is 60.7 Å². The summed E-state index contributed by atoms with van der Waals surface area (Å²) in [6.45, 7) is 2.04. The predicted molar refractivity (Wildman–Crippen MR) is 174 cm³/mol. The third-order valence-electron chi connectivity index (χ3n) is 8.15. The molecule has 0 aliphatic carbocycles. The predicted octanol–water partition coefficient (Wildman–Crippen LogP) is 9.10. The van der Waals surface area contributed by atoms with Gasteiger partial charge in [-0.3, -0.25) is 4.98 Å². The average molecular weight is 562 g/mol. The molecule has 0 aliphatic rings. The number of hydrogen-bond acceptors (Lipinski definition) is 4. The minimum atomic E-state index is 0.595. The molecule has 0 N–H and O–H groups in total. The van der Waals surface area contributed by atoms with E-state index in [1.54, 1.807) is 12.4 Å². The van der Waals surface area contributed by atoms with Crippen molar-refractivity contribution < 1.29 is 0 Å². The Bertz CT molecular complexity index is 2230. The number of nitrogens with zero attached hydrogens (tertiary/aromatic N) is 5. The number of nitriles is 3. The maximum atomic E-state index is 10.1. The maximum Gasteiger partial charge on any atom is 0.0998 e. The molecule has 0 spiro atoms. The van der Waals surface area contributed by atoms with Crippen LogP contribution in [0.15, 0.2) is 122 Å². The fraction of sp³-hybridized carbons (Fsp3) is 0.0256. The van der Waals surface area contributed by atoms with Crippen LogP contribution in [0.25, 0.3) is 60.9 Å². The molecule has 5 heteroatoms. The highest BCUT2D eigenvalue weighted by molar-refractivity contribution is 6.17. The van der Waals surface area contributed by atoms with Crippen LogP contribution in [-0.4, -0.2) is 9.55 Å². The number of rotatable bonds is 4. The van der Waals surface area contributed by atoms with Crippen LogP contribution in [-0.2, 0) is 0 Å². The van der Waals surface area contributed by atoms with Crippen LogP contribution in [0.3, 0.4) is 0 Å². The van der Waals surface area contributed by atoms with Crippen molar-refractivity contribution in [2.24, 2.45) is 0 Å². The van der Waals surface area contributed by atoms with Gasteiger partial charge in [-0.2, -0.15) is 15.8 Å². The van der Waals surface area contributed by atoms with E-state index >= 15 is 0 Å². The Hall–Kier alpha value is -6.48. The molecule has 0 radical (unpaired) electrons. The Balaban J connectivity index is 1.64. The molecule has 0 saturated carbocycles. The topological polar surface area (TPSA) is 89.2 Å². The first-order chi connectivity index (χ1) is 21.6. The van der Waals surface area contributed by atoms with Crippen LogP contribution in [0.1, 0.15) is 22.3 Å². The number of benzene rings is 5. The normalized spacial score (nSPS) is 10.8. The zero-order valence-electron chi connectivity index (χ0n) is 23.8.